The quantitative estimate of drug-likeness (QED) is 0.150. The molecule has 2 aliphatic rings. The highest BCUT2D eigenvalue weighted by atomic mass is 32.2. The number of carbonyl (C=O) groups excluding carboxylic acids is 1. The van der Waals surface area contributed by atoms with Gasteiger partial charge in [-0.3, -0.25) is 19.1 Å². The minimum absolute atomic E-state index is 0.00933. The molecule has 1 heterocycles. The lowest BCUT2D eigenvalue weighted by molar-refractivity contribution is -0.115. The number of fused-ring (bicyclic) bond motifs is 4. The first-order chi connectivity index (χ1) is 21.0. The van der Waals surface area contributed by atoms with Crippen molar-refractivity contribution in [3.8, 4) is 16.9 Å². The van der Waals surface area contributed by atoms with Crippen molar-refractivity contribution in [2.75, 3.05) is 10.7 Å². The van der Waals surface area contributed by atoms with Crippen LogP contribution in [0.2, 0.25) is 0 Å². The Kier molecular flexibility index (Phi) is 7.23. The van der Waals surface area contributed by atoms with E-state index in [1.165, 1.54) is 17.3 Å². The van der Waals surface area contributed by atoms with E-state index in [-0.39, 0.29) is 22.6 Å². The molecular formula is C37H33N3O2S. The van der Waals surface area contributed by atoms with Gasteiger partial charge in [0.05, 0.1) is 22.7 Å². The van der Waals surface area contributed by atoms with Crippen LogP contribution in [0, 0.1) is 6.92 Å². The first-order valence-electron chi connectivity index (χ1n) is 14.9. The van der Waals surface area contributed by atoms with Crippen LogP contribution in [0.1, 0.15) is 42.4 Å². The Hall–Kier alpha value is -4.42. The summed E-state index contributed by atoms with van der Waals surface area (Å²) in [6.45, 7) is 2.03. The van der Waals surface area contributed by atoms with Crippen LogP contribution >= 0.6 is 11.8 Å². The van der Waals surface area contributed by atoms with Crippen molar-refractivity contribution in [2.45, 2.75) is 49.6 Å². The Morgan fingerprint density at radius 3 is 2.19 bits per heavy atom. The normalized spacial score (nSPS) is 14.7. The van der Waals surface area contributed by atoms with Gasteiger partial charge in [-0.25, -0.2) is 4.98 Å². The smallest absolute Gasteiger partial charge is 0.263 e. The molecule has 1 spiro atoms. The number of nitrogens with zero attached hydrogens (tertiary/aromatic N) is 3. The summed E-state index contributed by atoms with van der Waals surface area (Å²) in [5.74, 6) is 0.0333. The molecule has 2 aliphatic carbocycles. The Morgan fingerprint density at radius 2 is 1.51 bits per heavy atom. The molecular weight excluding hydrogens is 550 g/mol. The van der Waals surface area contributed by atoms with Gasteiger partial charge in [-0.1, -0.05) is 97.4 Å². The molecule has 0 bridgehead atoms. The molecule has 1 aromatic heterocycles. The van der Waals surface area contributed by atoms with Crippen LogP contribution in [0.4, 0.5) is 11.4 Å². The maximum absolute atomic E-state index is 14.8. The van der Waals surface area contributed by atoms with E-state index in [1.54, 1.807) is 9.47 Å². The number of thioether (sulfide) groups is 1. The van der Waals surface area contributed by atoms with Crippen molar-refractivity contribution in [2.24, 2.45) is 0 Å². The van der Waals surface area contributed by atoms with E-state index < -0.39 is 0 Å². The SMILES string of the molecule is Cc1cccc(-n2c(SCC(=O)N(c3ccccc3)c3ccccc3)nc3c(c2=O)C2(CCCC2)Cc2ccccc2-3)c1. The van der Waals surface area contributed by atoms with E-state index in [1.807, 2.05) is 97.9 Å². The molecule has 0 aliphatic heterocycles. The van der Waals surface area contributed by atoms with Crippen LogP contribution in [0.5, 0.6) is 0 Å². The van der Waals surface area contributed by atoms with Crippen molar-refractivity contribution in [3.05, 3.63) is 136 Å². The average molecular weight is 584 g/mol. The summed E-state index contributed by atoms with van der Waals surface area (Å²) in [5, 5.41) is 0.536. The topological polar surface area (TPSA) is 55.2 Å². The van der Waals surface area contributed by atoms with E-state index in [4.69, 9.17) is 4.98 Å². The predicted octanol–water partition coefficient (Wildman–Crippen LogP) is 8.03. The van der Waals surface area contributed by atoms with Gasteiger partial charge in [0, 0.05) is 22.4 Å². The molecule has 5 nitrogen and oxygen atoms in total. The first-order valence-corrected chi connectivity index (χ1v) is 15.9. The third-order valence-corrected chi connectivity index (χ3v) is 9.73. The lowest BCUT2D eigenvalue weighted by Gasteiger charge is -2.36. The lowest BCUT2D eigenvalue weighted by Crippen LogP contribution is -2.40. The Labute approximate surface area is 256 Å². The van der Waals surface area contributed by atoms with Crippen molar-refractivity contribution in [1.29, 1.82) is 0 Å². The fourth-order valence-electron chi connectivity index (χ4n) is 6.88. The summed E-state index contributed by atoms with van der Waals surface area (Å²) >= 11 is 1.33. The van der Waals surface area contributed by atoms with Gasteiger partial charge < -0.3 is 0 Å². The molecule has 43 heavy (non-hydrogen) atoms. The van der Waals surface area contributed by atoms with E-state index in [0.29, 0.717) is 5.16 Å². The van der Waals surface area contributed by atoms with Gasteiger partial charge in [0.1, 0.15) is 0 Å². The number of amides is 1. The van der Waals surface area contributed by atoms with Crippen LogP contribution in [0.25, 0.3) is 16.9 Å². The molecule has 6 heteroatoms. The molecule has 214 valence electrons. The minimum atomic E-state index is -0.199. The van der Waals surface area contributed by atoms with E-state index in [0.717, 1.165) is 71.6 Å². The third kappa shape index (κ3) is 5.00. The largest absolute Gasteiger partial charge is 0.280 e. The van der Waals surface area contributed by atoms with Crippen molar-refractivity contribution >= 4 is 29.0 Å². The Balaban J connectivity index is 1.36. The Bertz CT molecular complexity index is 1820. The fourth-order valence-corrected chi connectivity index (χ4v) is 7.74. The first kappa shape index (κ1) is 27.4. The van der Waals surface area contributed by atoms with Crippen LogP contribution < -0.4 is 10.5 Å². The zero-order valence-corrected chi connectivity index (χ0v) is 25.0. The van der Waals surface area contributed by atoms with Crippen molar-refractivity contribution in [1.82, 2.24) is 9.55 Å². The van der Waals surface area contributed by atoms with Crippen LogP contribution in [0.3, 0.4) is 0 Å². The summed E-state index contributed by atoms with van der Waals surface area (Å²) in [5.41, 5.74) is 7.15. The van der Waals surface area contributed by atoms with Crippen molar-refractivity contribution < 1.29 is 4.79 Å². The predicted molar refractivity (Wildman–Crippen MR) is 175 cm³/mol. The van der Waals surface area contributed by atoms with Crippen molar-refractivity contribution in [3.63, 3.8) is 0 Å². The average Bonchev–Trinajstić information content (AvgIpc) is 3.49. The number of hydrogen-bond donors (Lipinski definition) is 0. The monoisotopic (exact) mass is 583 g/mol. The summed E-state index contributed by atoms with van der Waals surface area (Å²) in [6.07, 6.45) is 5.09. The number of anilines is 2. The number of para-hydroxylation sites is 2. The second-order valence-corrected chi connectivity index (χ2v) is 12.6. The summed E-state index contributed by atoms with van der Waals surface area (Å²) in [6, 6.07) is 35.7. The number of aryl methyl sites for hydroxylation is 1. The van der Waals surface area contributed by atoms with E-state index >= 15 is 0 Å². The number of rotatable bonds is 6. The van der Waals surface area contributed by atoms with Crippen LogP contribution in [0.15, 0.2) is 119 Å². The van der Waals surface area contributed by atoms with Crippen LogP contribution in [-0.2, 0) is 16.6 Å². The maximum Gasteiger partial charge on any atom is 0.263 e. The van der Waals surface area contributed by atoms with Gasteiger partial charge in [-0.05, 0) is 73.7 Å². The van der Waals surface area contributed by atoms with Gasteiger partial charge >= 0.3 is 0 Å². The lowest BCUT2D eigenvalue weighted by atomic mass is 9.68. The van der Waals surface area contributed by atoms with Gasteiger partial charge in [0.15, 0.2) is 5.16 Å². The standard InChI is InChI=1S/C37H33N3O2S/c1-26-13-12-19-30(23-26)40-35(42)33-34(31-20-9-8-14-27(31)24-37(33)21-10-11-22-37)38-36(40)43-25-32(41)39(28-15-4-2-5-16-28)29-17-6-3-7-18-29/h2-9,12-20,23H,10-11,21-22,24-25H2,1H3. The number of aromatic nitrogens is 2. The number of benzene rings is 4. The third-order valence-electron chi connectivity index (χ3n) is 8.81. The molecule has 5 aromatic rings. The zero-order chi connectivity index (χ0) is 29.4. The van der Waals surface area contributed by atoms with Gasteiger partial charge in [0.2, 0.25) is 5.91 Å². The molecule has 1 saturated carbocycles. The number of hydrogen-bond acceptors (Lipinski definition) is 4. The van der Waals surface area contributed by atoms with Crippen LogP contribution in [-0.4, -0.2) is 21.2 Å². The highest BCUT2D eigenvalue weighted by Crippen LogP contribution is 2.50. The molecule has 0 unspecified atom stereocenters. The highest BCUT2D eigenvalue weighted by molar-refractivity contribution is 7.99. The van der Waals surface area contributed by atoms with E-state index in [2.05, 4.69) is 18.2 Å². The molecule has 0 N–H and O–H groups in total. The molecule has 1 amide bonds. The molecule has 0 saturated heterocycles. The second-order valence-electron chi connectivity index (χ2n) is 11.6. The maximum atomic E-state index is 14.8. The molecule has 1 fully saturated rings. The fraction of sp³-hybridized carbons (Fsp3) is 0.216. The van der Waals surface area contributed by atoms with Gasteiger partial charge in [0.25, 0.3) is 5.56 Å². The molecule has 0 radical (unpaired) electrons. The molecule has 7 rings (SSSR count). The van der Waals surface area contributed by atoms with E-state index in [9.17, 15) is 9.59 Å². The summed E-state index contributed by atoms with van der Waals surface area (Å²) in [4.78, 5) is 35.8. The highest BCUT2D eigenvalue weighted by Gasteiger charge is 2.44. The van der Waals surface area contributed by atoms with Gasteiger partial charge in [-0.2, -0.15) is 0 Å². The number of carbonyl (C=O) groups is 1. The Morgan fingerprint density at radius 1 is 0.860 bits per heavy atom. The molecule has 0 atom stereocenters. The second kappa shape index (κ2) is 11.3. The minimum Gasteiger partial charge on any atom is -0.280 e. The zero-order valence-electron chi connectivity index (χ0n) is 24.2. The summed E-state index contributed by atoms with van der Waals surface area (Å²) < 4.78 is 1.76. The summed E-state index contributed by atoms with van der Waals surface area (Å²) in [7, 11) is 0. The van der Waals surface area contributed by atoms with Gasteiger partial charge in [-0.15, -0.1) is 0 Å². The molecule has 4 aromatic carbocycles.